The number of thiazole rings is 1. The molecule has 3 aromatic rings. The molecule has 1 aliphatic rings. The third-order valence-corrected chi connectivity index (χ3v) is 5.81. The lowest BCUT2D eigenvalue weighted by Gasteiger charge is -2.20. The van der Waals surface area contributed by atoms with E-state index in [4.69, 9.17) is 4.98 Å². The van der Waals surface area contributed by atoms with Crippen molar-refractivity contribution in [1.82, 2.24) is 9.97 Å². The molecule has 0 fully saturated rings. The zero-order valence-electron chi connectivity index (χ0n) is 15.4. The Morgan fingerprint density at radius 1 is 1.07 bits per heavy atom. The Morgan fingerprint density at radius 2 is 1.82 bits per heavy atom. The molecular weight excluding hydrogens is 372 g/mol. The first-order valence-electron chi connectivity index (χ1n) is 9.17. The van der Waals surface area contributed by atoms with Crippen LogP contribution in [0.3, 0.4) is 0 Å². The molecule has 1 aliphatic carbocycles. The van der Waals surface area contributed by atoms with Crippen molar-refractivity contribution >= 4 is 34.5 Å². The minimum Gasteiger partial charge on any atom is -0.326 e. The summed E-state index contributed by atoms with van der Waals surface area (Å²) in [5, 5.41) is 6.61. The monoisotopic (exact) mass is 392 g/mol. The van der Waals surface area contributed by atoms with E-state index >= 15 is 0 Å². The molecule has 0 radical (unpaired) electrons. The fourth-order valence-electron chi connectivity index (χ4n) is 3.28. The van der Waals surface area contributed by atoms with Crippen LogP contribution in [0.1, 0.15) is 23.9 Å². The predicted octanol–water partition coefficient (Wildman–Crippen LogP) is 3.91. The van der Waals surface area contributed by atoms with Crippen LogP contribution in [0.2, 0.25) is 0 Å². The summed E-state index contributed by atoms with van der Waals surface area (Å²) in [5.41, 5.74) is 3.40. The van der Waals surface area contributed by atoms with E-state index in [1.165, 1.54) is 11.8 Å². The molecule has 2 N–H and O–H groups in total. The highest BCUT2D eigenvalue weighted by Gasteiger charge is 2.28. The molecule has 0 spiro atoms. The number of nitrogens with one attached hydrogen (secondary N) is 2. The number of aryl methyl sites for hydroxylation is 1. The average Bonchev–Trinajstić information content (AvgIpc) is 3.13. The van der Waals surface area contributed by atoms with E-state index in [1.807, 2.05) is 18.2 Å². The van der Waals surface area contributed by atoms with Gasteiger partial charge in [-0.25, -0.2) is 4.98 Å². The van der Waals surface area contributed by atoms with Crippen molar-refractivity contribution in [2.24, 2.45) is 5.92 Å². The Labute approximate surface area is 167 Å². The number of hydrogen-bond acceptors (Lipinski definition) is 5. The lowest BCUT2D eigenvalue weighted by atomic mass is 9.90. The maximum atomic E-state index is 12.7. The third kappa shape index (κ3) is 4.09. The number of carbonyl (C=O) groups is 2. The van der Waals surface area contributed by atoms with Gasteiger partial charge in [-0.2, -0.15) is 0 Å². The lowest BCUT2D eigenvalue weighted by molar-refractivity contribution is -0.120. The van der Waals surface area contributed by atoms with Crippen LogP contribution in [-0.2, 0) is 22.4 Å². The van der Waals surface area contributed by atoms with Gasteiger partial charge >= 0.3 is 0 Å². The highest BCUT2D eigenvalue weighted by Crippen LogP contribution is 2.34. The zero-order chi connectivity index (χ0) is 19.5. The summed E-state index contributed by atoms with van der Waals surface area (Å²) in [7, 11) is 0. The molecule has 0 saturated carbocycles. The topological polar surface area (TPSA) is 84.0 Å². The summed E-state index contributed by atoms with van der Waals surface area (Å²) in [4.78, 5) is 34.1. The highest BCUT2D eigenvalue weighted by molar-refractivity contribution is 7.15. The van der Waals surface area contributed by atoms with E-state index in [9.17, 15) is 9.59 Å². The molecule has 0 aliphatic heterocycles. The van der Waals surface area contributed by atoms with Crippen LogP contribution in [0, 0.1) is 5.92 Å². The van der Waals surface area contributed by atoms with Gasteiger partial charge in [0.2, 0.25) is 11.8 Å². The molecule has 2 aromatic heterocycles. The molecule has 4 rings (SSSR count). The number of benzene rings is 1. The minimum absolute atomic E-state index is 0.0192. The number of carbonyl (C=O) groups excluding carboxylic acids is 2. The van der Waals surface area contributed by atoms with Crippen molar-refractivity contribution in [3.8, 4) is 10.7 Å². The maximum absolute atomic E-state index is 12.7. The molecule has 1 atom stereocenters. The first-order valence-corrected chi connectivity index (χ1v) is 9.98. The van der Waals surface area contributed by atoms with Crippen LogP contribution in [0.15, 0.2) is 48.7 Å². The number of rotatable bonds is 4. The number of hydrogen-bond donors (Lipinski definition) is 2. The van der Waals surface area contributed by atoms with Crippen molar-refractivity contribution in [3.05, 3.63) is 59.2 Å². The molecule has 6 nitrogen and oxygen atoms in total. The summed E-state index contributed by atoms with van der Waals surface area (Å²) in [5.74, 6) is -0.172. The Kier molecular flexibility index (Phi) is 5.16. The van der Waals surface area contributed by atoms with Crippen LogP contribution in [0.5, 0.6) is 0 Å². The SMILES string of the molecule is CC(=O)Nc1ccc(NC(=O)C2CCc3nc(-c4ccccn4)sc3C2)cc1. The molecule has 0 bridgehead atoms. The van der Waals surface area contributed by atoms with Crippen LogP contribution in [0.25, 0.3) is 10.7 Å². The van der Waals surface area contributed by atoms with Gasteiger partial charge in [0.25, 0.3) is 0 Å². The summed E-state index contributed by atoms with van der Waals surface area (Å²) in [6.07, 6.45) is 4.06. The van der Waals surface area contributed by atoms with E-state index < -0.39 is 0 Å². The summed E-state index contributed by atoms with van der Waals surface area (Å²) >= 11 is 1.63. The van der Waals surface area contributed by atoms with Gasteiger partial charge in [0.1, 0.15) is 5.01 Å². The maximum Gasteiger partial charge on any atom is 0.227 e. The highest BCUT2D eigenvalue weighted by atomic mass is 32.1. The fraction of sp³-hybridized carbons (Fsp3) is 0.238. The van der Waals surface area contributed by atoms with E-state index in [0.717, 1.165) is 34.9 Å². The standard InChI is InChI=1S/C21H20N4O2S/c1-13(26)23-15-6-8-16(9-7-15)24-20(27)14-5-10-17-19(12-14)28-21(25-17)18-4-2-3-11-22-18/h2-4,6-9,11,14H,5,10,12H2,1H3,(H,23,26)(H,24,27). The van der Waals surface area contributed by atoms with Crippen LogP contribution < -0.4 is 10.6 Å². The van der Waals surface area contributed by atoms with Gasteiger partial charge in [0.05, 0.1) is 11.4 Å². The van der Waals surface area contributed by atoms with Gasteiger partial charge in [0.15, 0.2) is 0 Å². The first kappa shape index (κ1) is 18.3. The number of pyridine rings is 1. The Balaban J connectivity index is 1.42. The number of amides is 2. The Morgan fingerprint density at radius 3 is 2.50 bits per heavy atom. The first-order chi connectivity index (χ1) is 13.6. The molecule has 142 valence electrons. The molecular formula is C21H20N4O2S. The minimum atomic E-state index is -0.121. The number of aromatic nitrogens is 2. The van der Waals surface area contributed by atoms with Crippen LogP contribution in [-0.4, -0.2) is 21.8 Å². The lowest BCUT2D eigenvalue weighted by Crippen LogP contribution is -2.27. The number of nitrogens with zero attached hydrogens (tertiary/aromatic N) is 2. The van der Waals surface area contributed by atoms with Crippen molar-refractivity contribution in [3.63, 3.8) is 0 Å². The number of anilines is 2. The predicted molar refractivity (Wildman–Crippen MR) is 110 cm³/mol. The normalized spacial score (nSPS) is 15.5. The van der Waals surface area contributed by atoms with E-state index in [2.05, 4.69) is 15.6 Å². The Bertz CT molecular complexity index is 999. The second kappa shape index (κ2) is 7.90. The van der Waals surface area contributed by atoms with Gasteiger partial charge in [-0.3, -0.25) is 14.6 Å². The average molecular weight is 392 g/mol. The van der Waals surface area contributed by atoms with Gasteiger partial charge < -0.3 is 10.6 Å². The smallest absolute Gasteiger partial charge is 0.227 e. The Hall–Kier alpha value is -3.06. The van der Waals surface area contributed by atoms with Crippen LogP contribution >= 0.6 is 11.3 Å². The van der Waals surface area contributed by atoms with Crippen molar-refractivity contribution in [2.75, 3.05) is 10.6 Å². The van der Waals surface area contributed by atoms with E-state index in [1.54, 1.807) is 41.8 Å². The van der Waals surface area contributed by atoms with Crippen molar-refractivity contribution in [1.29, 1.82) is 0 Å². The molecule has 28 heavy (non-hydrogen) atoms. The molecule has 1 unspecified atom stereocenters. The van der Waals surface area contributed by atoms with Gasteiger partial charge in [0, 0.05) is 35.3 Å². The van der Waals surface area contributed by atoms with Crippen LogP contribution in [0.4, 0.5) is 11.4 Å². The third-order valence-electron chi connectivity index (χ3n) is 4.67. The van der Waals surface area contributed by atoms with Gasteiger partial charge in [-0.15, -0.1) is 11.3 Å². The molecule has 1 aromatic carbocycles. The van der Waals surface area contributed by atoms with E-state index in [0.29, 0.717) is 12.1 Å². The van der Waals surface area contributed by atoms with Crippen molar-refractivity contribution < 1.29 is 9.59 Å². The second-order valence-corrected chi connectivity index (χ2v) is 7.87. The molecule has 7 heteroatoms. The van der Waals surface area contributed by atoms with Crippen molar-refractivity contribution in [2.45, 2.75) is 26.2 Å². The van der Waals surface area contributed by atoms with Gasteiger partial charge in [-0.1, -0.05) is 6.07 Å². The quantitative estimate of drug-likeness (QED) is 0.705. The fourth-order valence-corrected chi connectivity index (χ4v) is 4.45. The second-order valence-electron chi connectivity index (χ2n) is 6.79. The van der Waals surface area contributed by atoms with E-state index in [-0.39, 0.29) is 17.7 Å². The molecule has 2 amide bonds. The number of fused-ring (bicyclic) bond motifs is 1. The summed E-state index contributed by atoms with van der Waals surface area (Å²) in [6.45, 7) is 1.46. The molecule has 2 heterocycles. The largest absolute Gasteiger partial charge is 0.326 e. The summed E-state index contributed by atoms with van der Waals surface area (Å²) in [6, 6.07) is 12.9. The van der Waals surface area contributed by atoms with Gasteiger partial charge in [-0.05, 0) is 55.7 Å². The summed E-state index contributed by atoms with van der Waals surface area (Å²) < 4.78 is 0. The zero-order valence-corrected chi connectivity index (χ0v) is 16.3. The molecule has 0 saturated heterocycles.